The zero-order chi connectivity index (χ0) is 25.0. The summed E-state index contributed by atoms with van der Waals surface area (Å²) in [6, 6.07) is 12.1. The van der Waals surface area contributed by atoms with E-state index in [1.54, 1.807) is 18.2 Å². The molecule has 1 aliphatic heterocycles. The summed E-state index contributed by atoms with van der Waals surface area (Å²) in [5.41, 5.74) is 6.80. The van der Waals surface area contributed by atoms with Crippen molar-refractivity contribution in [2.45, 2.75) is 24.3 Å². The van der Waals surface area contributed by atoms with E-state index in [4.69, 9.17) is 10.5 Å². The number of rotatable bonds is 7. The first-order chi connectivity index (χ1) is 16.8. The van der Waals surface area contributed by atoms with Gasteiger partial charge in [-0.1, -0.05) is 30.3 Å². The summed E-state index contributed by atoms with van der Waals surface area (Å²) in [7, 11) is -3.55. The quantitative estimate of drug-likeness (QED) is 0.367. The number of nitrogens with one attached hydrogen (secondary N) is 1. The molecule has 0 bridgehead atoms. The smallest absolute Gasteiger partial charge is 0.387 e. The fourth-order valence-electron chi connectivity index (χ4n) is 3.60. The fourth-order valence-corrected chi connectivity index (χ4v) is 5.12. The van der Waals surface area contributed by atoms with Gasteiger partial charge in [0.2, 0.25) is 10.0 Å². The summed E-state index contributed by atoms with van der Waals surface area (Å²) < 4.78 is 32.0. The molecule has 0 saturated carbocycles. The van der Waals surface area contributed by atoms with Gasteiger partial charge in [0.05, 0.1) is 28.3 Å². The minimum Gasteiger partial charge on any atom is -0.387 e. The molecule has 0 atom stereocenters. The minimum absolute atomic E-state index is 0.135. The normalized spacial score (nSPS) is 13.9. The van der Waals surface area contributed by atoms with E-state index < -0.39 is 21.0 Å². The Bertz CT molecular complexity index is 1360. The number of benzene rings is 2. The van der Waals surface area contributed by atoms with E-state index in [-0.39, 0.29) is 28.8 Å². The van der Waals surface area contributed by atoms with E-state index in [0.29, 0.717) is 29.9 Å². The Morgan fingerprint density at radius 1 is 1.14 bits per heavy atom. The fraction of sp³-hybridized carbons (Fsp3) is 0.227. The van der Waals surface area contributed by atoms with Crippen LogP contribution in [-0.2, 0) is 16.6 Å². The van der Waals surface area contributed by atoms with Crippen molar-refractivity contribution in [1.29, 1.82) is 0 Å². The highest BCUT2D eigenvalue weighted by Crippen LogP contribution is 2.26. The maximum absolute atomic E-state index is 12.7. The Morgan fingerprint density at radius 2 is 1.83 bits per heavy atom. The second kappa shape index (κ2) is 10.0. The number of aromatic nitrogens is 2. The number of hydrogen-bond acceptors (Lipinski definition) is 9. The number of para-hydroxylation sites is 1. The molecule has 3 aromatic rings. The van der Waals surface area contributed by atoms with Crippen LogP contribution in [0.3, 0.4) is 0 Å². The van der Waals surface area contributed by atoms with Crippen LogP contribution in [0.15, 0.2) is 59.6 Å². The molecule has 13 heteroatoms. The number of anilines is 1. The van der Waals surface area contributed by atoms with Crippen molar-refractivity contribution in [1.82, 2.24) is 19.6 Å². The highest BCUT2D eigenvalue weighted by Gasteiger charge is 2.27. The number of nitrogens with zero attached hydrogens (tertiary/aromatic N) is 4. The van der Waals surface area contributed by atoms with Crippen LogP contribution in [0.1, 0.15) is 18.4 Å². The van der Waals surface area contributed by atoms with Crippen LogP contribution < -0.4 is 15.8 Å². The van der Waals surface area contributed by atoms with E-state index in [1.165, 1.54) is 40.8 Å². The van der Waals surface area contributed by atoms with Gasteiger partial charge in [0, 0.05) is 30.3 Å². The third-order valence-corrected chi connectivity index (χ3v) is 7.33. The summed E-state index contributed by atoms with van der Waals surface area (Å²) in [4.78, 5) is 31.2. The van der Waals surface area contributed by atoms with E-state index in [2.05, 4.69) is 15.3 Å². The van der Waals surface area contributed by atoms with E-state index in [9.17, 15) is 23.3 Å². The Labute approximate surface area is 201 Å². The zero-order valence-electron chi connectivity index (χ0n) is 18.5. The highest BCUT2D eigenvalue weighted by molar-refractivity contribution is 7.89. The molecule has 1 fully saturated rings. The monoisotopic (exact) mass is 498 g/mol. The predicted molar refractivity (Wildman–Crippen MR) is 126 cm³/mol. The Balaban J connectivity index is 1.46. The molecule has 1 aromatic heterocycles. The van der Waals surface area contributed by atoms with Gasteiger partial charge in [-0.05, 0) is 25.0 Å². The largest absolute Gasteiger partial charge is 0.414 e. The number of nitrogens with two attached hydrogens (primary N) is 1. The Morgan fingerprint density at radius 3 is 2.51 bits per heavy atom. The summed E-state index contributed by atoms with van der Waals surface area (Å²) in [5, 5.41) is 13.5. The van der Waals surface area contributed by atoms with E-state index >= 15 is 0 Å². The van der Waals surface area contributed by atoms with E-state index in [0.717, 1.165) is 12.8 Å². The second-order valence-corrected chi connectivity index (χ2v) is 9.65. The molecule has 35 heavy (non-hydrogen) atoms. The van der Waals surface area contributed by atoms with E-state index in [1.807, 2.05) is 0 Å². The van der Waals surface area contributed by atoms with Gasteiger partial charge in [-0.15, -0.1) is 0 Å². The standard InChI is InChI=1S/C22H22N6O6S/c23-20-21(34-22(29)25-13-16-5-1-2-6-19(16)28(30)31)26-18(14-24-20)15-7-9-17(10-8-15)35(32,33)27-11-3-4-12-27/h1-2,5-10,14H,3-4,11-13H2,(H2,23,24)(H,25,29). The van der Waals surface area contributed by atoms with Crippen LogP contribution in [0.4, 0.5) is 16.3 Å². The second-order valence-electron chi connectivity index (χ2n) is 7.71. The van der Waals surface area contributed by atoms with Gasteiger partial charge in [0.1, 0.15) is 0 Å². The SMILES string of the molecule is Nc1ncc(-c2ccc(S(=O)(=O)N3CCCC3)cc2)nc1OC(=O)NCc1ccccc1[N+](=O)[O-]. The zero-order valence-corrected chi connectivity index (χ0v) is 19.3. The highest BCUT2D eigenvalue weighted by atomic mass is 32.2. The van der Waals surface area contributed by atoms with Gasteiger partial charge >= 0.3 is 6.09 Å². The first kappa shape index (κ1) is 24.0. The lowest BCUT2D eigenvalue weighted by atomic mass is 10.2. The van der Waals surface area contributed by atoms with Crippen LogP contribution in [0, 0.1) is 10.1 Å². The van der Waals surface area contributed by atoms with Crippen molar-refractivity contribution in [3.63, 3.8) is 0 Å². The topological polar surface area (TPSA) is 171 Å². The van der Waals surface area contributed by atoms with Crippen molar-refractivity contribution in [2.75, 3.05) is 18.8 Å². The van der Waals surface area contributed by atoms with Crippen LogP contribution in [0.25, 0.3) is 11.3 Å². The van der Waals surface area contributed by atoms with Gasteiger partial charge < -0.3 is 15.8 Å². The molecular formula is C22H22N6O6S. The lowest BCUT2D eigenvalue weighted by molar-refractivity contribution is -0.385. The third kappa shape index (κ3) is 5.36. The molecule has 1 amide bonds. The Kier molecular flexibility index (Phi) is 6.89. The number of ether oxygens (including phenoxy) is 1. The van der Waals surface area contributed by atoms with Gasteiger partial charge in [-0.3, -0.25) is 10.1 Å². The van der Waals surface area contributed by atoms with Crippen molar-refractivity contribution >= 4 is 27.6 Å². The Hall–Kier alpha value is -4.10. The summed E-state index contributed by atoms with van der Waals surface area (Å²) >= 11 is 0. The lowest BCUT2D eigenvalue weighted by Gasteiger charge is -2.15. The summed E-state index contributed by atoms with van der Waals surface area (Å²) in [5.74, 6) is -0.390. The van der Waals surface area contributed by atoms with Gasteiger partial charge in [0.15, 0.2) is 5.82 Å². The lowest BCUT2D eigenvalue weighted by Crippen LogP contribution is -2.27. The van der Waals surface area contributed by atoms with Crippen molar-refractivity contribution in [2.24, 2.45) is 0 Å². The molecule has 0 radical (unpaired) electrons. The van der Waals surface area contributed by atoms with Crippen LogP contribution in [-0.4, -0.2) is 46.8 Å². The first-order valence-corrected chi connectivity index (χ1v) is 12.1. The summed E-state index contributed by atoms with van der Waals surface area (Å²) in [6.07, 6.45) is 2.14. The number of carbonyl (C=O) groups is 1. The van der Waals surface area contributed by atoms with Crippen molar-refractivity contribution < 1.29 is 22.9 Å². The number of amides is 1. The maximum Gasteiger partial charge on any atom is 0.414 e. The number of nitrogen functional groups attached to an aromatic ring is 1. The molecule has 4 rings (SSSR count). The minimum atomic E-state index is -3.55. The molecule has 0 aliphatic carbocycles. The van der Waals surface area contributed by atoms with Crippen LogP contribution in [0.5, 0.6) is 5.88 Å². The van der Waals surface area contributed by atoms with Crippen molar-refractivity contribution in [3.8, 4) is 17.1 Å². The van der Waals surface area contributed by atoms with Crippen LogP contribution >= 0.6 is 0 Å². The molecule has 0 unspecified atom stereocenters. The molecule has 1 aliphatic rings. The average Bonchev–Trinajstić information content (AvgIpc) is 3.40. The molecule has 2 heterocycles. The molecule has 2 aromatic carbocycles. The summed E-state index contributed by atoms with van der Waals surface area (Å²) in [6.45, 7) is 0.873. The van der Waals surface area contributed by atoms with Gasteiger partial charge in [-0.2, -0.15) is 4.31 Å². The molecule has 0 spiro atoms. The number of nitro groups is 1. The molecule has 3 N–H and O–H groups in total. The third-order valence-electron chi connectivity index (χ3n) is 5.42. The van der Waals surface area contributed by atoms with Crippen molar-refractivity contribution in [3.05, 3.63) is 70.4 Å². The number of carbonyl (C=O) groups excluding carboxylic acids is 1. The average molecular weight is 499 g/mol. The van der Waals surface area contributed by atoms with Gasteiger partial charge in [-0.25, -0.2) is 23.2 Å². The molecular weight excluding hydrogens is 476 g/mol. The molecule has 1 saturated heterocycles. The first-order valence-electron chi connectivity index (χ1n) is 10.7. The number of nitro benzene ring substituents is 1. The molecule has 12 nitrogen and oxygen atoms in total. The maximum atomic E-state index is 12.7. The number of hydrogen-bond donors (Lipinski definition) is 2. The van der Waals surface area contributed by atoms with Gasteiger partial charge in [0.25, 0.3) is 11.6 Å². The van der Waals surface area contributed by atoms with Crippen LogP contribution in [0.2, 0.25) is 0 Å². The predicted octanol–water partition coefficient (Wildman–Crippen LogP) is 2.71. The number of sulfonamides is 1. The molecule has 182 valence electrons.